The fourth-order valence-electron chi connectivity index (χ4n) is 0.964. The Bertz CT molecular complexity index is 325. The normalized spacial score (nSPS) is 9.38. The van der Waals surface area contributed by atoms with Gasteiger partial charge in [-0.15, -0.1) is 0 Å². The van der Waals surface area contributed by atoms with Gasteiger partial charge in [-0.3, -0.25) is 15.5 Å². The molecule has 13 heavy (non-hydrogen) atoms. The first-order valence-corrected chi connectivity index (χ1v) is 3.57. The van der Waals surface area contributed by atoms with Crippen molar-refractivity contribution in [2.75, 3.05) is 12.6 Å². The van der Waals surface area contributed by atoms with Crippen molar-refractivity contribution in [2.24, 2.45) is 5.73 Å². The van der Waals surface area contributed by atoms with E-state index in [1.165, 1.54) is 25.3 Å². The van der Waals surface area contributed by atoms with Crippen LogP contribution in [0.3, 0.4) is 0 Å². The second kappa shape index (κ2) is 3.77. The highest BCUT2D eigenvalue weighted by Crippen LogP contribution is 2.22. The Hall–Kier alpha value is -1.75. The fourth-order valence-corrected chi connectivity index (χ4v) is 0.964. The molecule has 0 saturated carbocycles. The first-order valence-electron chi connectivity index (χ1n) is 3.57. The minimum atomic E-state index is -0.568. The van der Waals surface area contributed by atoms with Crippen molar-refractivity contribution < 1.29 is 14.7 Å². The molecule has 0 bridgehead atoms. The molecule has 1 aromatic carbocycles. The highest BCUT2D eigenvalue weighted by Gasteiger charge is 2.08. The lowest BCUT2D eigenvalue weighted by Crippen LogP contribution is -2.12. The maximum atomic E-state index is 10.8. The maximum Gasteiger partial charge on any atom is 0.252 e. The van der Waals surface area contributed by atoms with E-state index in [0.717, 1.165) is 0 Å². The van der Waals surface area contributed by atoms with Crippen molar-refractivity contribution >= 4 is 11.6 Å². The summed E-state index contributed by atoms with van der Waals surface area (Å²) in [5, 5.41) is 8.57. The van der Waals surface area contributed by atoms with E-state index in [0.29, 0.717) is 11.4 Å². The van der Waals surface area contributed by atoms with Gasteiger partial charge in [0, 0.05) is 6.07 Å². The molecule has 0 aliphatic heterocycles. The van der Waals surface area contributed by atoms with Crippen LogP contribution in [0.25, 0.3) is 0 Å². The SMILES string of the molecule is COc1cc(NO)ccc1C(N)=O. The Kier molecular flexibility index (Phi) is 2.71. The average molecular weight is 182 g/mol. The molecule has 0 heterocycles. The molecule has 0 aliphatic rings. The number of nitrogens with one attached hydrogen (secondary N) is 1. The van der Waals surface area contributed by atoms with Crippen molar-refractivity contribution in [1.82, 2.24) is 0 Å². The minimum Gasteiger partial charge on any atom is -0.496 e. The summed E-state index contributed by atoms with van der Waals surface area (Å²) >= 11 is 0. The third kappa shape index (κ3) is 1.88. The number of ether oxygens (including phenoxy) is 1. The molecule has 0 radical (unpaired) electrons. The number of hydrogen-bond donors (Lipinski definition) is 3. The molecule has 0 spiro atoms. The zero-order valence-electron chi connectivity index (χ0n) is 7.07. The highest BCUT2D eigenvalue weighted by molar-refractivity contribution is 5.96. The molecular formula is C8H10N2O3. The standard InChI is InChI=1S/C8H10N2O3/c1-13-7-4-5(10-12)2-3-6(7)8(9)11/h2-4,10,12H,1H3,(H2,9,11). The van der Waals surface area contributed by atoms with Gasteiger partial charge in [-0.05, 0) is 12.1 Å². The Morgan fingerprint density at radius 3 is 2.77 bits per heavy atom. The summed E-state index contributed by atoms with van der Waals surface area (Å²) in [5.74, 6) is -0.243. The Morgan fingerprint density at radius 2 is 2.31 bits per heavy atom. The third-order valence-electron chi connectivity index (χ3n) is 1.60. The highest BCUT2D eigenvalue weighted by atomic mass is 16.5. The quantitative estimate of drug-likeness (QED) is 0.597. The summed E-state index contributed by atoms with van der Waals surface area (Å²) in [5.41, 5.74) is 7.73. The lowest BCUT2D eigenvalue weighted by Gasteiger charge is -2.06. The van der Waals surface area contributed by atoms with Crippen LogP contribution in [0.5, 0.6) is 5.75 Å². The zero-order chi connectivity index (χ0) is 9.84. The van der Waals surface area contributed by atoms with Crippen molar-refractivity contribution in [3.63, 3.8) is 0 Å². The van der Waals surface area contributed by atoms with Crippen molar-refractivity contribution in [3.8, 4) is 5.75 Å². The van der Waals surface area contributed by atoms with Crippen LogP contribution in [0, 0.1) is 0 Å². The van der Waals surface area contributed by atoms with Crippen LogP contribution >= 0.6 is 0 Å². The number of hydrogen-bond acceptors (Lipinski definition) is 4. The molecule has 5 heteroatoms. The maximum absolute atomic E-state index is 10.8. The number of anilines is 1. The number of rotatable bonds is 3. The molecule has 0 atom stereocenters. The summed E-state index contributed by atoms with van der Waals surface area (Å²) in [6.07, 6.45) is 0. The molecule has 5 nitrogen and oxygen atoms in total. The van der Waals surface area contributed by atoms with Gasteiger partial charge < -0.3 is 10.5 Å². The fraction of sp³-hybridized carbons (Fsp3) is 0.125. The molecule has 0 aliphatic carbocycles. The second-order valence-corrected chi connectivity index (χ2v) is 2.39. The van der Waals surface area contributed by atoms with Gasteiger partial charge >= 0.3 is 0 Å². The van der Waals surface area contributed by atoms with Crippen LogP contribution in [0.1, 0.15) is 10.4 Å². The second-order valence-electron chi connectivity index (χ2n) is 2.39. The first kappa shape index (κ1) is 9.34. The molecule has 0 fully saturated rings. The number of benzene rings is 1. The van der Waals surface area contributed by atoms with Crippen LogP contribution in [0.4, 0.5) is 5.69 Å². The summed E-state index contributed by atoms with van der Waals surface area (Å²) in [4.78, 5) is 10.8. The summed E-state index contributed by atoms with van der Waals surface area (Å²) in [6.45, 7) is 0. The molecule has 1 amide bonds. The van der Waals surface area contributed by atoms with Crippen molar-refractivity contribution in [2.45, 2.75) is 0 Å². The van der Waals surface area contributed by atoms with Gasteiger partial charge in [0.1, 0.15) is 5.75 Å². The van der Waals surface area contributed by atoms with E-state index in [9.17, 15) is 4.79 Å². The van der Waals surface area contributed by atoms with Crippen LogP contribution < -0.4 is 16.0 Å². The summed E-state index contributed by atoms with van der Waals surface area (Å²) in [7, 11) is 1.42. The van der Waals surface area contributed by atoms with Gasteiger partial charge in [-0.1, -0.05) is 0 Å². The molecular weight excluding hydrogens is 172 g/mol. The van der Waals surface area contributed by atoms with Gasteiger partial charge in [-0.25, -0.2) is 0 Å². The minimum absolute atomic E-state index is 0.279. The molecule has 0 aromatic heterocycles. The van der Waals surface area contributed by atoms with Gasteiger partial charge in [0.05, 0.1) is 18.4 Å². The van der Waals surface area contributed by atoms with Crippen LogP contribution in [-0.2, 0) is 0 Å². The Labute approximate surface area is 75.1 Å². The van der Waals surface area contributed by atoms with E-state index in [1.54, 1.807) is 0 Å². The van der Waals surface area contributed by atoms with Crippen molar-refractivity contribution in [1.29, 1.82) is 0 Å². The van der Waals surface area contributed by atoms with Gasteiger partial charge in [0.25, 0.3) is 5.91 Å². The largest absolute Gasteiger partial charge is 0.496 e. The molecule has 70 valence electrons. The molecule has 1 aromatic rings. The van der Waals surface area contributed by atoms with E-state index in [4.69, 9.17) is 15.7 Å². The summed E-state index contributed by atoms with van der Waals surface area (Å²) < 4.78 is 4.90. The number of primary amides is 1. The van der Waals surface area contributed by atoms with Gasteiger partial charge in [0.2, 0.25) is 0 Å². The Balaban J connectivity index is 3.15. The lowest BCUT2D eigenvalue weighted by atomic mass is 10.2. The number of carbonyl (C=O) groups is 1. The predicted octanol–water partition coefficient (Wildman–Crippen LogP) is 0.595. The molecule has 1 rings (SSSR count). The monoisotopic (exact) mass is 182 g/mol. The number of amides is 1. The van der Waals surface area contributed by atoms with Gasteiger partial charge in [-0.2, -0.15) is 0 Å². The zero-order valence-corrected chi connectivity index (χ0v) is 7.07. The summed E-state index contributed by atoms with van der Waals surface area (Å²) in [6, 6.07) is 4.46. The third-order valence-corrected chi connectivity index (χ3v) is 1.60. The number of methoxy groups -OCH3 is 1. The van der Waals surface area contributed by atoms with E-state index in [2.05, 4.69) is 0 Å². The molecule has 4 N–H and O–H groups in total. The first-order chi connectivity index (χ1) is 6.19. The van der Waals surface area contributed by atoms with E-state index in [1.807, 2.05) is 5.48 Å². The van der Waals surface area contributed by atoms with Crippen LogP contribution in [-0.4, -0.2) is 18.2 Å². The van der Waals surface area contributed by atoms with E-state index < -0.39 is 5.91 Å². The average Bonchev–Trinajstić information content (AvgIpc) is 2.16. The van der Waals surface area contributed by atoms with Crippen LogP contribution in [0.2, 0.25) is 0 Å². The lowest BCUT2D eigenvalue weighted by molar-refractivity contribution is 0.0997. The number of nitrogens with two attached hydrogens (primary N) is 1. The topological polar surface area (TPSA) is 84.6 Å². The Morgan fingerprint density at radius 1 is 1.62 bits per heavy atom. The van der Waals surface area contributed by atoms with E-state index >= 15 is 0 Å². The predicted molar refractivity (Wildman–Crippen MR) is 46.9 cm³/mol. The van der Waals surface area contributed by atoms with Crippen molar-refractivity contribution in [3.05, 3.63) is 23.8 Å². The molecule has 0 saturated heterocycles. The van der Waals surface area contributed by atoms with Crippen LogP contribution in [0.15, 0.2) is 18.2 Å². The van der Waals surface area contributed by atoms with E-state index in [-0.39, 0.29) is 5.56 Å². The van der Waals surface area contributed by atoms with Gasteiger partial charge in [0.15, 0.2) is 0 Å². The smallest absolute Gasteiger partial charge is 0.252 e. The number of carbonyl (C=O) groups excluding carboxylic acids is 1. The molecule has 0 unspecified atom stereocenters.